The summed E-state index contributed by atoms with van der Waals surface area (Å²) in [6, 6.07) is 10.2. The lowest BCUT2D eigenvalue weighted by atomic mass is 10.1. The largest absolute Gasteiger partial charge is 0.395 e. The third-order valence-electron chi connectivity index (χ3n) is 5.10. The van der Waals surface area contributed by atoms with Crippen LogP contribution < -0.4 is 0 Å². The van der Waals surface area contributed by atoms with Crippen molar-refractivity contribution in [3.8, 4) is 0 Å². The third-order valence-corrected chi connectivity index (χ3v) is 6.74. The van der Waals surface area contributed by atoms with Crippen molar-refractivity contribution in [2.24, 2.45) is 0 Å². The predicted octanol–water partition coefficient (Wildman–Crippen LogP) is 1.88. The maximum absolute atomic E-state index is 12.5. The summed E-state index contributed by atoms with van der Waals surface area (Å²) in [4.78, 5) is 6.47. The van der Waals surface area contributed by atoms with Crippen LogP contribution in [0.4, 0.5) is 0 Å². The monoisotopic (exact) mass is 377 g/mol. The zero-order valence-electron chi connectivity index (χ0n) is 15.2. The molecule has 1 aromatic heterocycles. The average Bonchev–Trinajstić information content (AvgIpc) is 3.28. The average molecular weight is 378 g/mol. The molecule has 0 spiro atoms. The Morgan fingerprint density at radius 1 is 1.27 bits per heavy atom. The van der Waals surface area contributed by atoms with Crippen LogP contribution in [0.25, 0.3) is 0 Å². The van der Waals surface area contributed by atoms with Gasteiger partial charge in [-0.25, -0.2) is 13.4 Å². The van der Waals surface area contributed by atoms with Crippen molar-refractivity contribution in [2.45, 2.75) is 50.5 Å². The molecule has 1 fully saturated rings. The Balaban J connectivity index is 1.86. The standard InChI is InChI=1S/C19H27N3O3S/c1-2-26(24,25)19-20-13-18(14-21-11-6-9-17(21)15-23)22(19)12-10-16-7-4-3-5-8-16/h3-5,7-8,13,17,23H,2,6,9-12,14-15H2,1H3/t17-/m0/s1. The zero-order valence-corrected chi connectivity index (χ0v) is 16.0. The fourth-order valence-corrected chi connectivity index (χ4v) is 4.55. The molecule has 1 N–H and O–H groups in total. The molecule has 2 heterocycles. The van der Waals surface area contributed by atoms with Crippen LogP contribution in [0.1, 0.15) is 31.0 Å². The zero-order chi connectivity index (χ0) is 18.6. The first-order chi connectivity index (χ1) is 12.5. The van der Waals surface area contributed by atoms with E-state index in [2.05, 4.69) is 9.88 Å². The summed E-state index contributed by atoms with van der Waals surface area (Å²) in [5, 5.41) is 9.71. The summed E-state index contributed by atoms with van der Waals surface area (Å²) < 4.78 is 26.8. The van der Waals surface area contributed by atoms with Crippen molar-refractivity contribution in [1.82, 2.24) is 14.5 Å². The number of imidazole rings is 1. The second kappa shape index (κ2) is 8.33. The highest BCUT2D eigenvalue weighted by molar-refractivity contribution is 7.91. The third kappa shape index (κ3) is 4.16. The number of likely N-dealkylation sites (tertiary alicyclic amines) is 1. The Labute approximate surface area is 155 Å². The molecule has 0 bridgehead atoms. The van der Waals surface area contributed by atoms with E-state index in [-0.39, 0.29) is 23.6 Å². The molecule has 0 unspecified atom stereocenters. The Morgan fingerprint density at radius 2 is 2.04 bits per heavy atom. The number of hydrogen-bond acceptors (Lipinski definition) is 5. The lowest BCUT2D eigenvalue weighted by Crippen LogP contribution is -2.32. The van der Waals surface area contributed by atoms with Crippen molar-refractivity contribution in [3.63, 3.8) is 0 Å². The maximum Gasteiger partial charge on any atom is 0.227 e. The number of aliphatic hydroxyl groups excluding tert-OH is 1. The first-order valence-electron chi connectivity index (χ1n) is 9.21. The number of aromatic nitrogens is 2. The van der Waals surface area contributed by atoms with Crippen molar-refractivity contribution in [3.05, 3.63) is 47.8 Å². The van der Waals surface area contributed by atoms with E-state index in [0.717, 1.165) is 31.5 Å². The molecule has 1 saturated heterocycles. The minimum Gasteiger partial charge on any atom is -0.395 e. The lowest BCUT2D eigenvalue weighted by molar-refractivity contribution is 0.151. The normalized spacial score (nSPS) is 18.5. The van der Waals surface area contributed by atoms with Crippen molar-refractivity contribution >= 4 is 9.84 Å². The molecule has 26 heavy (non-hydrogen) atoms. The molecule has 1 atom stereocenters. The Kier molecular flexibility index (Phi) is 6.11. The van der Waals surface area contributed by atoms with Gasteiger partial charge in [0.2, 0.25) is 15.0 Å². The van der Waals surface area contributed by atoms with Crippen LogP contribution in [0.5, 0.6) is 0 Å². The molecule has 6 nitrogen and oxygen atoms in total. The molecular formula is C19H27N3O3S. The van der Waals surface area contributed by atoms with Crippen LogP contribution in [-0.4, -0.2) is 52.9 Å². The molecule has 7 heteroatoms. The van der Waals surface area contributed by atoms with Gasteiger partial charge in [0.05, 0.1) is 24.3 Å². The van der Waals surface area contributed by atoms with E-state index in [0.29, 0.717) is 13.1 Å². The van der Waals surface area contributed by atoms with Crippen LogP contribution in [0.2, 0.25) is 0 Å². The second-order valence-corrected chi connectivity index (χ2v) is 8.94. The molecule has 0 saturated carbocycles. The fourth-order valence-electron chi connectivity index (χ4n) is 3.54. The Bertz CT molecular complexity index is 818. The summed E-state index contributed by atoms with van der Waals surface area (Å²) in [6.07, 6.45) is 4.47. The van der Waals surface area contributed by atoms with Gasteiger partial charge in [0.1, 0.15) is 0 Å². The van der Waals surface area contributed by atoms with Crippen molar-refractivity contribution in [2.75, 3.05) is 18.9 Å². The van der Waals surface area contributed by atoms with Gasteiger partial charge in [-0.05, 0) is 31.4 Å². The van der Waals surface area contributed by atoms with Crippen LogP contribution >= 0.6 is 0 Å². The first-order valence-corrected chi connectivity index (χ1v) is 10.9. The molecule has 1 aliphatic heterocycles. The van der Waals surface area contributed by atoms with Crippen LogP contribution in [0.3, 0.4) is 0 Å². The minimum atomic E-state index is -3.38. The number of rotatable bonds is 8. The SMILES string of the molecule is CCS(=O)(=O)c1ncc(CN2CCC[C@H]2CO)n1CCc1ccccc1. The van der Waals surface area contributed by atoms with Crippen LogP contribution in [0.15, 0.2) is 41.7 Å². The topological polar surface area (TPSA) is 75.4 Å². The molecule has 0 radical (unpaired) electrons. The van der Waals surface area contributed by atoms with Crippen molar-refractivity contribution in [1.29, 1.82) is 0 Å². The molecule has 3 rings (SSSR count). The quantitative estimate of drug-likeness (QED) is 0.760. The molecule has 0 aliphatic carbocycles. The summed E-state index contributed by atoms with van der Waals surface area (Å²) in [7, 11) is -3.38. The van der Waals surface area contributed by atoms with E-state index in [9.17, 15) is 13.5 Å². The minimum absolute atomic E-state index is 0.0395. The number of hydrogen-bond donors (Lipinski definition) is 1. The summed E-state index contributed by atoms with van der Waals surface area (Å²) in [5.74, 6) is 0.0395. The Hall–Kier alpha value is -1.70. The predicted molar refractivity (Wildman–Crippen MR) is 101 cm³/mol. The highest BCUT2D eigenvalue weighted by atomic mass is 32.2. The molecule has 1 aliphatic rings. The van der Waals surface area contributed by atoms with Gasteiger partial charge in [-0.2, -0.15) is 0 Å². The van der Waals surface area contributed by atoms with Gasteiger partial charge in [-0.15, -0.1) is 0 Å². The first kappa shape index (κ1) is 19.1. The number of nitrogens with zero attached hydrogens (tertiary/aromatic N) is 3. The molecule has 2 aromatic rings. The van der Waals surface area contributed by atoms with E-state index >= 15 is 0 Å². The smallest absolute Gasteiger partial charge is 0.227 e. The summed E-state index contributed by atoms with van der Waals surface area (Å²) in [5.41, 5.74) is 2.06. The van der Waals surface area contributed by atoms with Gasteiger partial charge in [0.25, 0.3) is 0 Å². The maximum atomic E-state index is 12.5. The van der Waals surface area contributed by atoms with Gasteiger partial charge in [0, 0.05) is 19.1 Å². The van der Waals surface area contributed by atoms with E-state index < -0.39 is 9.84 Å². The van der Waals surface area contributed by atoms with Crippen LogP contribution in [0, 0.1) is 0 Å². The molecule has 142 valence electrons. The van der Waals surface area contributed by atoms with Gasteiger partial charge in [0.15, 0.2) is 0 Å². The number of benzene rings is 1. The van der Waals surface area contributed by atoms with E-state index in [1.54, 1.807) is 13.1 Å². The second-order valence-electron chi connectivity index (χ2n) is 6.77. The van der Waals surface area contributed by atoms with Gasteiger partial charge < -0.3 is 9.67 Å². The Morgan fingerprint density at radius 3 is 2.73 bits per heavy atom. The molecule has 1 aromatic carbocycles. The van der Waals surface area contributed by atoms with E-state index in [4.69, 9.17) is 0 Å². The van der Waals surface area contributed by atoms with Crippen LogP contribution in [-0.2, 0) is 29.3 Å². The van der Waals surface area contributed by atoms with Crippen molar-refractivity contribution < 1.29 is 13.5 Å². The van der Waals surface area contributed by atoms with Gasteiger partial charge in [-0.1, -0.05) is 37.3 Å². The van der Waals surface area contributed by atoms with E-state index in [1.165, 1.54) is 5.56 Å². The number of sulfone groups is 1. The molecule has 0 amide bonds. The molecular weight excluding hydrogens is 350 g/mol. The fraction of sp³-hybridized carbons (Fsp3) is 0.526. The van der Waals surface area contributed by atoms with Gasteiger partial charge in [-0.3, -0.25) is 4.90 Å². The highest BCUT2D eigenvalue weighted by Gasteiger charge is 2.27. The highest BCUT2D eigenvalue weighted by Crippen LogP contribution is 2.22. The lowest BCUT2D eigenvalue weighted by Gasteiger charge is -2.23. The summed E-state index contributed by atoms with van der Waals surface area (Å²) in [6.45, 7) is 3.90. The van der Waals surface area contributed by atoms with E-state index in [1.807, 2.05) is 34.9 Å². The summed E-state index contributed by atoms with van der Waals surface area (Å²) >= 11 is 0. The number of aliphatic hydroxyl groups is 1. The van der Waals surface area contributed by atoms with Gasteiger partial charge >= 0.3 is 0 Å². The number of aryl methyl sites for hydroxylation is 1.